The summed E-state index contributed by atoms with van der Waals surface area (Å²) in [6.07, 6.45) is 2.48. The van der Waals surface area contributed by atoms with E-state index in [-0.39, 0.29) is 17.4 Å². The van der Waals surface area contributed by atoms with E-state index < -0.39 is 5.82 Å². The van der Waals surface area contributed by atoms with Crippen LogP contribution in [0.25, 0.3) is 10.9 Å². The zero-order chi connectivity index (χ0) is 20.4. The minimum absolute atomic E-state index is 0.0933. The summed E-state index contributed by atoms with van der Waals surface area (Å²) in [6.45, 7) is 3.71. The predicted octanol–water partition coefficient (Wildman–Crippen LogP) is 5.38. The number of carbonyl (C=O) groups is 1. The number of aromatic amines is 1. The Hall–Kier alpha value is -3.54. The third kappa shape index (κ3) is 4.01. The Balaban J connectivity index is 1.57. The van der Waals surface area contributed by atoms with Crippen LogP contribution >= 0.6 is 0 Å². The van der Waals surface area contributed by atoms with E-state index in [1.807, 2.05) is 32.0 Å². The molecule has 6 heteroatoms. The molecule has 2 heterocycles. The SMILES string of the molecule is CCC(=O)c1cccc(Cc2nccc(Oc3ccc4[nH]c(C)cc4c3F)n2)c1. The molecule has 146 valence electrons. The van der Waals surface area contributed by atoms with E-state index in [0.717, 1.165) is 16.8 Å². The summed E-state index contributed by atoms with van der Waals surface area (Å²) in [6, 6.07) is 14.1. The van der Waals surface area contributed by atoms with Gasteiger partial charge in [-0.3, -0.25) is 4.79 Å². The number of aromatic nitrogens is 3. The fourth-order valence-electron chi connectivity index (χ4n) is 3.24. The average molecular weight is 389 g/mol. The number of fused-ring (bicyclic) bond motifs is 1. The van der Waals surface area contributed by atoms with Crippen LogP contribution in [-0.2, 0) is 6.42 Å². The summed E-state index contributed by atoms with van der Waals surface area (Å²) < 4.78 is 20.4. The number of nitrogens with one attached hydrogen (secondary N) is 1. The Morgan fingerprint density at radius 3 is 2.86 bits per heavy atom. The topological polar surface area (TPSA) is 67.9 Å². The molecule has 0 saturated carbocycles. The lowest BCUT2D eigenvalue weighted by Crippen LogP contribution is -2.01. The number of halogens is 1. The van der Waals surface area contributed by atoms with Gasteiger partial charge < -0.3 is 9.72 Å². The van der Waals surface area contributed by atoms with Gasteiger partial charge in [-0.25, -0.2) is 9.37 Å². The lowest BCUT2D eigenvalue weighted by Gasteiger charge is -2.08. The van der Waals surface area contributed by atoms with Crippen molar-refractivity contribution in [1.29, 1.82) is 0 Å². The fourth-order valence-corrected chi connectivity index (χ4v) is 3.24. The van der Waals surface area contributed by atoms with E-state index in [9.17, 15) is 9.18 Å². The molecule has 29 heavy (non-hydrogen) atoms. The van der Waals surface area contributed by atoms with Crippen LogP contribution < -0.4 is 4.74 Å². The monoisotopic (exact) mass is 389 g/mol. The third-order valence-electron chi connectivity index (χ3n) is 4.66. The molecule has 0 aliphatic heterocycles. The summed E-state index contributed by atoms with van der Waals surface area (Å²) >= 11 is 0. The van der Waals surface area contributed by atoms with E-state index >= 15 is 0 Å². The van der Waals surface area contributed by atoms with Gasteiger partial charge in [0.15, 0.2) is 17.3 Å². The zero-order valence-electron chi connectivity index (χ0n) is 16.2. The standard InChI is InChI=1S/C23H20FN3O2/c1-3-19(28)16-6-4-5-15(12-16)13-21-25-10-9-22(27-21)29-20-8-7-18-17(23(20)24)11-14(2)26-18/h4-12,26H,3,13H2,1-2H3. The molecule has 1 N–H and O–H groups in total. The van der Waals surface area contributed by atoms with Crippen molar-refractivity contribution >= 4 is 16.7 Å². The molecule has 0 bridgehead atoms. The smallest absolute Gasteiger partial charge is 0.222 e. The normalized spacial score (nSPS) is 11.0. The second-order valence-electron chi connectivity index (χ2n) is 6.86. The Morgan fingerprint density at radius 1 is 1.17 bits per heavy atom. The summed E-state index contributed by atoms with van der Waals surface area (Å²) in [7, 11) is 0. The number of carbonyl (C=O) groups excluding carboxylic acids is 1. The molecule has 0 amide bonds. The van der Waals surface area contributed by atoms with Crippen LogP contribution in [0.5, 0.6) is 11.6 Å². The number of nitrogens with zero attached hydrogens (tertiary/aromatic N) is 2. The summed E-state index contributed by atoms with van der Waals surface area (Å²) in [5, 5.41) is 0.478. The van der Waals surface area contributed by atoms with Gasteiger partial charge in [0.2, 0.25) is 5.88 Å². The lowest BCUT2D eigenvalue weighted by atomic mass is 10.0. The van der Waals surface area contributed by atoms with Crippen molar-refractivity contribution in [1.82, 2.24) is 15.0 Å². The van der Waals surface area contributed by atoms with Gasteiger partial charge in [0, 0.05) is 47.3 Å². The Labute approximate surface area is 167 Å². The van der Waals surface area contributed by atoms with Crippen LogP contribution in [0.15, 0.2) is 54.7 Å². The molecule has 2 aromatic heterocycles. The maximum absolute atomic E-state index is 14.7. The summed E-state index contributed by atoms with van der Waals surface area (Å²) in [5.74, 6) is 0.564. The molecule has 0 atom stereocenters. The number of ketones is 1. The molecule has 4 rings (SSSR count). The van der Waals surface area contributed by atoms with E-state index in [1.54, 1.807) is 36.5 Å². The first-order chi connectivity index (χ1) is 14.0. The Morgan fingerprint density at radius 2 is 2.03 bits per heavy atom. The maximum atomic E-state index is 14.7. The first-order valence-corrected chi connectivity index (χ1v) is 9.43. The predicted molar refractivity (Wildman–Crippen MR) is 109 cm³/mol. The van der Waals surface area contributed by atoms with Crippen molar-refractivity contribution in [2.45, 2.75) is 26.7 Å². The van der Waals surface area contributed by atoms with Crippen LogP contribution in [0, 0.1) is 12.7 Å². The molecule has 0 saturated heterocycles. The number of hydrogen-bond acceptors (Lipinski definition) is 4. The molecule has 5 nitrogen and oxygen atoms in total. The summed E-state index contributed by atoms with van der Waals surface area (Å²) in [4.78, 5) is 23.7. The second-order valence-corrected chi connectivity index (χ2v) is 6.86. The van der Waals surface area contributed by atoms with Gasteiger partial charge in [-0.1, -0.05) is 25.1 Å². The Bertz CT molecular complexity index is 1200. The van der Waals surface area contributed by atoms with Crippen molar-refractivity contribution in [3.05, 3.63) is 83.2 Å². The molecular weight excluding hydrogens is 369 g/mol. The molecule has 0 aliphatic rings. The molecule has 2 aromatic carbocycles. The van der Waals surface area contributed by atoms with E-state index in [1.165, 1.54) is 0 Å². The van der Waals surface area contributed by atoms with Crippen molar-refractivity contribution in [2.75, 3.05) is 0 Å². The van der Waals surface area contributed by atoms with Crippen molar-refractivity contribution in [3.63, 3.8) is 0 Å². The zero-order valence-corrected chi connectivity index (χ0v) is 16.2. The number of rotatable bonds is 6. The van der Waals surface area contributed by atoms with E-state index in [2.05, 4.69) is 15.0 Å². The largest absolute Gasteiger partial charge is 0.436 e. The quantitative estimate of drug-likeness (QED) is 0.450. The van der Waals surface area contributed by atoms with Crippen molar-refractivity contribution in [3.8, 4) is 11.6 Å². The number of aryl methyl sites for hydroxylation is 1. The summed E-state index contributed by atoms with van der Waals surface area (Å²) in [5.41, 5.74) is 3.20. The van der Waals surface area contributed by atoms with Crippen LogP contribution in [-0.4, -0.2) is 20.7 Å². The highest BCUT2D eigenvalue weighted by molar-refractivity contribution is 5.96. The first kappa shape index (κ1) is 18.8. The number of ether oxygens (including phenoxy) is 1. The molecular formula is C23H20FN3O2. The minimum atomic E-state index is -0.433. The van der Waals surface area contributed by atoms with Gasteiger partial charge in [0.1, 0.15) is 5.82 Å². The van der Waals surface area contributed by atoms with E-state index in [0.29, 0.717) is 29.6 Å². The van der Waals surface area contributed by atoms with Crippen LogP contribution in [0.3, 0.4) is 0 Å². The van der Waals surface area contributed by atoms with Gasteiger partial charge >= 0.3 is 0 Å². The molecule has 0 radical (unpaired) electrons. The first-order valence-electron chi connectivity index (χ1n) is 9.43. The van der Waals surface area contributed by atoms with Gasteiger partial charge in [-0.15, -0.1) is 0 Å². The van der Waals surface area contributed by atoms with Crippen molar-refractivity contribution < 1.29 is 13.9 Å². The van der Waals surface area contributed by atoms with Crippen LogP contribution in [0.4, 0.5) is 4.39 Å². The van der Waals surface area contributed by atoms with E-state index in [4.69, 9.17) is 4.74 Å². The molecule has 0 aliphatic carbocycles. The molecule has 0 spiro atoms. The lowest BCUT2D eigenvalue weighted by molar-refractivity contribution is 0.0988. The highest BCUT2D eigenvalue weighted by Gasteiger charge is 2.13. The maximum Gasteiger partial charge on any atom is 0.222 e. The fraction of sp³-hybridized carbons (Fsp3) is 0.174. The minimum Gasteiger partial charge on any atom is -0.436 e. The molecule has 4 aromatic rings. The molecule has 0 unspecified atom stereocenters. The van der Waals surface area contributed by atoms with Gasteiger partial charge in [0.05, 0.1) is 0 Å². The van der Waals surface area contributed by atoms with Gasteiger partial charge in [0.25, 0.3) is 0 Å². The average Bonchev–Trinajstić information content (AvgIpc) is 3.11. The molecule has 0 fully saturated rings. The van der Waals surface area contributed by atoms with Crippen molar-refractivity contribution in [2.24, 2.45) is 0 Å². The van der Waals surface area contributed by atoms with Crippen LogP contribution in [0.1, 0.15) is 40.8 Å². The highest BCUT2D eigenvalue weighted by atomic mass is 19.1. The number of Topliss-reactive ketones (excluding diaryl/α,β-unsaturated/α-hetero) is 1. The number of benzene rings is 2. The number of H-pyrrole nitrogens is 1. The van der Waals surface area contributed by atoms with Gasteiger partial charge in [-0.05, 0) is 36.8 Å². The number of hydrogen-bond donors (Lipinski definition) is 1. The van der Waals surface area contributed by atoms with Crippen LogP contribution in [0.2, 0.25) is 0 Å². The second kappa shape index (κ2) is 7.83. The highest BCUT2D eigenvalue weighted by Crippen LogP contribution is 2.29. The van der Waals surface area contributed by atoms with Gasteiger partial charge in [-0.2, -0.15) is 4.98 Å². The third-order valence-corrected chi connectivity index (χ3v) is 4.66. The Kier molecular flexibility index (Phi) is 5.08.